The quantitative estimate of drug-likeness (QED) is 0.694. The number of hydrogen-bond donors (Lipinski definition) is 1. The zero-order valence-electron chi connectivity index (χ0n) is 7.19. The van der Waals surface area contributed by atoms with E-state index in [1.807, 2.05) is 0 Å². The van der Waals surface area contributed by atoms with Gasteiger partial charge in [-0.2, -0.15) is 0 Å². The molecule has 1 aromatic heterocycles. The minimum Gasteiger partial charge on any atom is -0.392 e. The van der Waals surface area contributed by atoms with Crippen molar-refractivity contribution in [1.82, 2.24) is 4.98 Å². The van der Waals surface area contributed by atoms with E-state index in [1.165, 1.54) is 0 Å². The van der Waals surface area contributed by atoms with Gasteiger partial charge in [0, 0.05) is 6.20 Å². The van der Waals surface area contributed by atoms with Crippen LogP contribution in [0.3, 0.4) is 0 Å². The topological polar surface area (TPSA) is 50.2 Å². The number of pyridine rings is 1. The Hall–Kier alpha value is -0.660. The second-order valence-electron chi connectivity index (χ2n) is 3.03. The van der Waals surface area contributed by atoms with Crippen LogP contribution in [0.1, 0.15) is 5.56 Å². The molecule has 0 aromatic carbocycles. The average Bonchev–Trinajstić information content (AvgIpc) is 2.03. The van der Waals surface area contributed by atoms with Crippen LogP contribution in [0, 0.1) is 0 Å². The van der Waals surface area contributed by atoms with Gasteiger partial charge < -0.3 is 9.67 Å². The predicted octanol–water partition coefficient (Wildman–Crippen LogP) is 0.822. The van der Waals surface area contributed by atoms with Crippen molar-refractivity contribution in [3.05, 3.63) is 23.9 Å². The Balaban J connectivity index is 3.01. The van der Waals surface area contributed by atoms with Crippen molar-refractivity contribution in [3.8, 4) is 0 Å². The molecule has 1 rings (SSSR count). The Bertz CT molecular complexity index is 301. The SMILES string of the molecule is CP(C)(=O)c1ccc(CO)cn1. The molecule has 0 fully saturated rings. The lowest BCUT2D eigenvalue weighted by Crippen LogP contribution is -2.07. The Morgan fingerprint density at radius 2 is 2.17 bits per heavy atom. The van der Waals surface area contributed by atoms with Crippen LogP contribution in [-0.4, -0.2) is 23.4 Å². The van der Waals surface area contributed by atoms with Gasteiger partial charge in [-0.25, -0.2) is 0 Å². The number of aliphatic hydroxyl groups excluding tert-OH is 1. The van der Waals surface area contributed by atoms with Gasteiger partial charge in [0.15, 0.2) is 0 Å². The summed E-state index contributed by atoms with van der Waals surface area (Å²) in [5.41, 5.74) is 1.35. The number of nitrogens with zero attached hydrogens (tertiary/aromatic N) is 1. The average molecular weight is 185 g/mol. The minimum atomic E-state index is -2.24. The van der Waals surface area contributed by atoms with Crippen molar-refractivity contribution in [2.24, 2.45) is 0 Å². The van der Waals surface area contributed by atoms with Gasteiger partial charge in [0.2, 0.25) is 0 Å². The van der Waals surface area contributed by atoms with E-state index in [0.29, 0.717) is 5.44 Å². The van der Waals surface area contributed by atoms with Crippen LogP contribution >= 0.6 is 7.14 Å². The lowest BCUT2D eigenvalue weighted by Gasteiger charge is -2.05. The molecule has 1 aromatic rings. The second kappa shape index (κ2) is 3.38. The molecule has 0 bridgehead atoms. The van der Waals surface area contributed by atoms with E-state index in [-0.39, 0.29) is 6.61 Å². The maximum absolute atomic E-state index is 11.5. The summed E-state index contributed by atoms with van der Waals surface area (Å²) < 4.78 is 11.5. The Morgan fingerprint density at radius 1 is 1.50 bits per heavy atom. The summed E-state index contributed by atoms with van der Waals surface area (Å²) >= 11 is 0. The minimum absolute atomic E-state index is 0.0228. The predicted molar refractivity (Wildman–Crippen MR) is 49.2 cm³/mol. The van der Waals surface area contributed by atoms with Gasteiger partial charge in [-0.05, 0) is 25.0 Å². The molecule has 0 saturated carbocycles. The summed E-state index contributed by atoms with van der Waals surface area (Å²) in [7, 11) is -2.24. The lowest BCUT2D eigenvalue weighted by atomic mass is 10.3. The van der Waals surface area contributed by atoms with Gasteiger partial charge in [0.25, 0.3) is 0 Å². The molecule has 1 heterocycles. The first-order chi connectivity index (χ1) is 5.54. The van der Waals surface area contributed by atoms with E-state index in [9.17, 15) is 4.57 Å². The molecule has 12 heavy (non-hydrogen) atoms. The number of aliphatic hydroxyl groups is 1. The first-order valence-corrected chi connectivity index (χ1v) is 6.25. The lowest BCUT2D eigenvalue weighted by molar-refractivity contribution is 0.281. The first kappa shape index (κ1) is 9.43. The fourth-order valence-corrected chi connectivity index (χ4v) is 1.60. The summed E-state index contributed by atoms with van der Waals surface area (Å²) in [6.07, 6.45) is 1.55. The first-order valence-electron chi connectivity index (χ1n) is 3.65. The molecule has 0 unspecified atom stereocenters. The van der Waals surface area contributed by atoms with Crippen LogP contribution < -0.4 is 5.44 Å². The molecule has 66 valence electrons. The normalized spacial score (nSPS) is 11.6. The van der Waals surface area contributed by atoms with E-state index in [0.717, 1.165) is 5.56 Å². The van der Waals surface area contributed by atoms with Crippen LogP contribution in [0.2, 0.25) is 0 Å². The molecule has 0 amide bonds. The number of aromatic nitrogens is 1. The van der Waals surface area contributed by atoms with Gasteiger partial charge in [-0.15, -0.1) is 0 Å². The maximum Gasteiger partial charge on any atom is 0.127 e. The van der Waals surface area contributed by atoms with Crippen LogP contribution in [0.4, 0.5) is 0 Å². The highest BCUT2D eigenvalue weighted by Crippen LogP contribution is 2.32. The zero-order chi connectivity index (χ0) is 9.19. The molecule has 0 aliphatic heterocycles. The third kappa shape index (κ3) is 2.16. The largest absolute Gasteiger partial charge is 0.392 e. The molecular weight excluding hydrogens is 173 g/mol. The standard InChI is InChI=1S/C8H12NO2P/c1-12(2,11)8-4-3-7(6-10)5-9-8/h3-5,10H,6H2,1-2H3. The third-order valence-corrected chi connectivity index (χ3v) is 2.91. The van der Waals surface area contributed by atoms with Crippen molar-refractivity contribution in [3.63, 3.8) is 0 Å². The van der Waals surface area contributed by atoms with E-state index in [2.05, 4.69) is 4.98 Å². The maximum atomic E-state index is 11.5. The summed E-state index contributed by atoms with van der Waals surface area (Å²) in [5.74, 6) is 0. The van der Waals surface area contributed by atoms with Crippen molar-refractivity contribution in [2.75, 3.05) is 13.3 Å². The molecule has 0 aliphatic carbocycles. The summed E-state index contributed by atoms with van der Waals surface area (Å²) in [6.45, 7) is 3.33. The monoisotopic (exact) mass is 185 g/mol. The molecule has 1 N–H and O–H groups in total. The number of rotatable bonds is 2. The highest BCUT2D eigenvalue weighted by atomic mass is 31.2. The van der Waals surface area contributed by atoms with Crippen molar-refractivity contribution in [1.29, 1.82) is 0 Å². The highest BCUT2D eigenvalue weighted by Gasteiger charge is 2.11. The smallest absolute Gasteiger partial charge is 0.127 e. The van der Waals surface area contributed by atoms with E-state index in [4.69, 9.17) is 5.11 Å². The van der Waals surface area contributed by atoms with Gasteiger partial charge in [-0.1, -0.05) is 6.07 Å². The molecule has 0 spiro atoms. The van der Waals surface area contributed by atoms with E-state index in [1.54, 1.807) is 31.7 Å². The van der Waals surface area contributed by atoms with Gasteiger partial charge in [0.05, 0.1) is 12.0 Å². The molecule has 0 aliphatic rings. The fourth-order valence-electron chi connectivity index (χ4n) is 0.829. The van der Waals surface area contributed by atoms with Crippen molar-refractivity contribution in [2.45, 2.75) is 6.61 Å². The molecule has 0 atom stereocenters. The molecule has 3 nitrogen and oxygen atoms in total. The Morgan fingerprint density at radius 3 is 2.50 bits per heavy atom. The van der Waals surface area contributed by atoms with Crippen LogP contribution in [-0.2, 0) is 11.2 Å². The Labute approximate surface area is 71.8 Å². The van der Waals surface area contributed by atoms with Crippen molar-refractivity contribution < 1.29 is 9.67 Å². The van der Waals surface area contributed by atoms with Crippen molar-refractivity contribution >= 4 is 12.6 Å². The number of hydrogen-bond acceptors (Lipinski definition) is 3. The molecule has 0 radical (unpaired) electrons. The molecule has 0 saturated heterocycles. The summed E-state index contributed by atoms with van der Waals surface area (Å²) in [6, 6.07) is 3.44. The molecular formula is C8H12NO2P. The van der Waals surface area contributed by atoms with Gasteiger partial charge in [-0.3, -0.25) is 4.98 Å². The van der Waals surface area contributed by atoms with Crippen LogP contribution in [0.25, 0.3) is 0 Å². The highest BCUT2D eigenvalue weighted by molar-refractivity contribution is 7.69. The second-order valence-corrected chi connectivity index (χ2v) is 6.19. The molecule has 4 heteroatoms. The van der Waals surface area contributed by atoms with Crippen LogP contribution in [0.15, 0.2) is 18.3 Å². The van der Waals surface area contributed by atoms with E-state index < -0.39 is 7.14 Å². The fraction of sp³-hybridized carbons (Fsp3) is 0.375. The zero-order valence-corrected chi connectivity index (χ0v) is 8.08. The summed E-state index contributed by atoms with van der Waals surface area (Å²) in [5, 5.41) is 8.72. The van der Waals surface area contributed by atoms with Crippen LogP contribution in [0.5, 0.6) is 0 Å². The third-order valence-electron chi connectivity index (χ3n) is 1.54. The van der Waals surface area contributed by atoms with E-state index >= 15 is 0 Å². The van der Waals surface area contributed by atoms with Gasteiger partial charge >= 0.3 is 0 Å². The Kier molecular flexibility index (Phi) is 2.65. The summed E-state index contributed by atoms with van der Waals surface area (Å²) in [4.78, 5) is 4.00. The van der Waals surface area contributed by atoms with Gasteiger partial charge in [0.1, 0.15) is 7.14 Å².